The topological polar surface area (TPSA) is 57.1 Å². The third-order valence-corrected chi connectivity index (χ3v) is 5.46. The second-order valence-electron chi connectivity index (χ2n) is 5.61. The molecule has 0 fully saturated rings. The highest BCUT2D eigenvalue weighted by atomic mass is 32.2. The summed E-state index contributed by atoms with van der Waals surface area (Å²) in [7, 11) is 0. The molecule has 1 aliphatic rings. The summed E-state index contributed by atoms with van der Waals surface area (Å²) in [4.78, 5) is 12.0. The number of thioether (sulfide) groups is 1. The lowest BCUT2D eigenvalue weighted by atomic mass is 10.1. The second kappa shape index (κ2) is 7.35. The Morgan fingerprint density at radius 1 is 1.11 bits per heavy atom. The molecule has 140 valence electrons. The summed E-state index contributed by atoms with van der Waals surface area (Å²) in [6.45, 7) is 0.231. The molecule has 2 aromatic heterocycles. The minimum Gasteiger partial charge on any atom is -0.454 e. The fraction of sp³-hybridized carbons (Fsp3) is 0.235. The van der Waals surface area contributed by atoms with Crippen molar-refractivity contribution in [3.8, 4) is 11.5 Å². The Hall–Kier alpha value is -2.33. The molecule has 1 aromatic carbocycles. The molecule has 4 rings (SSSR count). The third-order valence-electron chi connectivity index (χ3n) is 3.66. The van der Waals surface area contributed by atoms with E-state index in [1.54, 1.807) is 0 Å². The van der Waals surface area contributed by atoms with Gasteiger partial charge in [0.15, 0.2) is 16.7 Å². The van der Waals surface area contributed by atoms with Crippen molar-refractivity contribution >= 4 is 23.1 Å². The molecule has 0 amide bonds. The zero-order valence-corrected chi connectivity index (χ0v) is 15.3. The maximum absolute atomic E-state index is 12.7. The molecule has 0 bridgehead atoms. The molecule has 0 saturated heterocycles. The average Bonchev–Trinajstić information content (AvgIpc) is 3.28. The predicted molar refractivity (Wildman–Crippen MR) is 94.1 cm³/mol. The molecule has 0 aliphatic carbocycles. The number of rotatable bonds is 5. The van der Waals surface area contributed by atoms with E-state index < -0.39 is 11.9 Å². The number of hydrogen-bond acceptors (Lipinski definition) is 7. The van der Waals surface area contributed by atoms with Crippen LogP contribution in [-0.4, -0.2) is 21.7 Å². The largest absolute Gasteiger partial charge is 0.454 e. The van der Waals surface area contributed by atoms with Gasteiger partial charge in [-0.15, -0.1) is 11.3 Å². The number of ether oxygens (including phenoxy) is 2. The Bertz CT molecular complexity index is 963. The van der Waals surface area contributed by atoms with Gasteiger partial charge in [-0.25, -0.2) is 15.0 Å². The van der Waals surface area contributed by atoms with Crippen LogP contribution in [-0.2, 0) is 18.3 Å². The van der Waals surface area contributed by atoms with Crippen LogP contribution in [0.4, 0.5) is 13.2 Å². The van der Waals surface area contributed by atoms with Crippen LogP contribution in [0.1, 0.15) is 22.0 Å². The van der Waals surface area contributed by atoms with Gasteiger partial charge >= 0.3 is 6.18 Å². The van der Waals surface area contributed by atoms with Crippen molar-refractivity contribution in [2.75, 3.05) is 6.79 Å². The number of hydrogen-bond donors (Lipinski definition) is 0. The van der Waals surface area contributed by atoms with Gasteiger partial charge < -0.3 is 9.47 Å². The molecule has 0 unspecified atom stereocenters. The Morgan fingerprint density at radius 3 is 2.81 bits per heavy atom. The van der Waals surface area contributed by atoms with Gasteiger partial charge in [0.05, 0.1) is 10.7 Å². The van der Waals surface area contributed by atoms with Crippen LogP contribution >= 0.6 is 23.1 Å². The van der Waals surface area contributed by atoms with E-state index in [0.717, 1.165) is 51.8 Å². The Kier molecular flexibility index (Phi) is 4.92. The summed E-state index contributed by atoms with van der Waals surface area (Å²) in [5.74, 6) is 1.86. The van der Waals surface area contributed by atoms with Crippen LogP contribution < -0.4 is 9.47 Å². The smallest absolute Gasteiger partial charge is 0.433 e. The van der Waals surface area contributed by atoms with E-state index in [1.165, 1.54) is 11.3 Å². The summed E-state index contributed by atoms with van der Waals surface area (Å²) in [6.07, 6.45) is -2.72. The van der Waals surface area contributed by atoms with E-state index in [-0.39, 0.29) is 11.9 Å². The van der Waals surface area contributed by atoms with E-state index >= 15 is 0 Å². The van der Waals surface area contributed by atoms with Gasteiger partial charge in [-0.1, -0.05) is 17.8 Å². The third kappa shape index (κ3) is 4.33. The zero-order chi connectivity index (χ0) is 18.9. The van der Waals surface area contributed by atoms with E-state index in [1.807, 2.05) is 23.6 Å². The molecule has 0 atom stereocenters. The second-order valence-corrected chi connectivity index (χ2v) is 7.49. The first-order valence-corrected chi connectivity index (χ1v) is 9.69. The van der Waals surface area contributed by atoms with Crippen molar-refractivity contribution < 1.29 is 22.6 Å². The molecule has 0 N–H and O–H groups in total. The highest BCUT2D eigenvalue weighted by Gasteiger charge is 2.32. The molecule has 0 saturated carbocycles. The van der Waals surface area contributed by atoms with Crippen molar-refractivity contribution in [2.24, 2.45) is 0 Å². The van der Waals surface area contributed by atoms with Crippen molar-refractivity contribution in [3.05, 3.63) is 57.8 Å². The first-order chi connectivity index (χ1) is 13.0. The summed E-state index contributed by atoms with van der Waals surface area (Å²) >= 11 is 2.63. The summed E-state index contributed by atoms with van der Waals surface area (Å²) < 4.78 is 48.7. The molecule has 3 heterocycles. The van der Waals surface area contributed by atoms with Gasteiger partial charge in [-0.3, -0.25) is 0 Å². The Balaban J connectivity index is 1.39. The highest BCUT2D eigenvalue weighted by molar-refractivity contribution is 7.98. The fourth-order valence-electron chi connectivity index (χ4n) is 2.43. The molecule has 0 radical (unpaired) electrons. The predicted octanol–water partition coefficient (Wildman–Crippen LogP) is 4.56. The SMILES string of the molecule is FC(F)(F)c1ccnc(SCc2csc(Cc3ccc4c(c3)OCO4)n2)n1. The lowest BCUT2D eigenvalue weighted by Crippen LogP contribution is -2.08. The van der Waals surface area contributed by atoms with Crippen LogP contribution in [0.15, 0.2) is 41.0 Å². The van der Waals surface area contributed by atoms with Crippen LogP contribution in [0.2, 0.25) is 0 Å². The van der Waals surface area contributed by atoms with Crippen molar-refractivity contribution in [3.63, 3.8) is 0 Å². The van der Waals surface area contributed by atoms with Crippen molar-refractivity contribution in [1.29, 1.82) is 0 Å². The van der Waals surface area contributed by atoms with E-state index in [4.69, 9.17) is 9.47 Å². The van der Waals surface area contributed by atoms with Gasteiger partial charge in [-0.05, 0) is 23.8 Å². The minimum absolute atomic E-state index is 0.0788. The average molecular weight is 411 g/mol. The van der Waals surface area contributed by atoms with E-state index in [0.29, 0.717) is 12.2 Å². The monoisotopic (exact) mass is 411 g/mol. The molecule has 3 aromatic rings. The Morgan fingerprint density at radius 2 is 1.96 bits per heavy atom. The van der Waals surface area contributed by atoms with Crippen LogP contribution in [0.5, 0.6) is 11.5 Å². The quantitative estimate of drug-likeness (QED) is 0.453. The number of nitrogens with zero attached hydrogens (tertiary/aromatic N) is 3. The van der Waals surface area contributed by atoms with Gasteiger partial charge in [0.1, 0.15) is 5.69 Å². The normalized spacial score (nSPS) is 13.1. The molecule has 0 spiro atoms. The standard InChI is InChI=1S/C17H12F3N3O2S2/c18-17(19,20)14-3-4-21-16(23-14)27-8-11-7-26-15(22-11)6-10-1-2-12-13(5-10)25-9-24-12/h1-5,7H,6,8-9H2. The lowest BCUT2D eigenvalue weighted by molar-refractivity contribution is -0.141. The molecule has 27 heavy (non-hydrogen) atoms. The number of halogens is 3. The van der Waals surface area contributed by atoms with Crippen LogP contribution in [0, 0.1) is 0 Å². The van der Waals surface area contributed by atoms with E-state index in [2.05, 4.69) is 15.0 Å². The highest BCUT2D eigenvalue weighted by Crippen LogP contribution is 2.33. The number of aromatic nitrogens is 3. The molecular weight excluding hydrogens is 399 g/mol. The molecule has 5 nitrogen and oxygen atoms in total. The number of thiazole rings is 1. The first kappa shape index (κ1) is 18.1. The number of benzene rings is 1. The zero-order valence-electron chi connectivity index (χ0n) is 13.7. The van der Waals surface area contributed by atoms with E-state index in [9.17, 15) is 13.2 Å². The Labute approximate surface area is 160 Å². The van der Waals surface area contributed by atoms with Crippen LogP contribution in [0.3, 0.4) is 0 Å². The summed E-state index contributed by atoms with van der Waals surface area (Å²) in [5, 5.41) is 2.88. The lowest BCUT2D eigenvalue weighted by Gasteiger charge is -2.06. The summed E-state index contributed by atoms with van der Waals surface area (Å²) in [6, 6.07) is 6.61. The van der Waals surface area contributed by atoms with Gasteiger partial charge in [0.2, 0.25) is 6.79 Å². The maximum Gasteiger partial charge on any atom is 0.433 e. The number of alkyl halides is 3. The molecule has 1 aliphatic heterocycles. The fourth-order valence-corrected chi connectivity index (χ4v) is 4.09. The number of fused-ring (bicyclic) bond motifs is 1. The van der Waals surface area contributed by atoms with Crippen molar-refractivity contribution in [1.82, 2.24) is 15.0 Å². The summed E-state index contributed by atoms with van der Waals surface area (Å²) in [5.41, 5.74) is 0.887. The van der Waals surface area contributed by atoms with Gasteiger partial charge in [-0.2, -0.15) is 13.2 Å². The minimum atomic E-state index is -4.48. The maximum atomic E-state index is 12.7. The van der Waals surface area contributed by atoms with Gasteiger partial charge in [0, 0.05) is 23.8 Å². The van der Waals surface area contributed by atoms with Gasteiger partial charge in [0.25, 0.3) is 0 Å². The van der Waals surface area contributed by atoms with Crippen LogP contribution in [0.25, 0.3) is 0 Å². The molecular formula is C17H12F3N3O2S2. The molecule has 10 heteroatoms. The van der Waals surface area contributed by atoms with Crippen molar-refractivity contribution in [2.45, 2.75) is 23.5 Å². The first-order valence-electron chi connectivity index (χ1n) is 7.82.